The first kappa shape index (κ1) is 29.9. The number of piperazine rings is 1. The van der Waals surface area contributed by atoms with Gasteiger partial charge in [-0.3, -0.25) is 24.4 Å². The fraction of sp³-hybridized carbons (Fsp3) is 0.429. The molecule has 0 atom stereocenters. The smallest absolute Gasteiger partial charge is 0.274 e. The quantitative estimate of drug-likeness (QED) is 0.356. The van der Waals surface area contributed by atoms with Gasteiger partial charge in [0.25, 0.3) is 11.5 Å². The maximum Gasteiger partial charge on any atom is 0.274 e. The molecule has 3 N–H and O–H groups in total. The van der Waals surface area contributed by atoms with E-state index < -0.39 is 0 Å². The van der Waals surface area contributed by atoms with Crippen LogP contribution in [0.5, 0.6) is 0 Å². The number of aliphatic hydroxyl groups excluding tert-OH is 1. The Balaban J connectivity index is 1.02. The number of rotatable bonds is 7. The minimum Gasteiger partial charge on any atom is -0.392 e. The van der Waals surface area contributed by atoms with E-state index in [-0.39, 0.29) is 18.1 Å². The van der Waals surface area contributed by atoms with Crippen molar-refractivity contribution in [2.24, 2.45) is 7.05 Å². The second-order valence-corrected chi connectivity index (χ2v) is 13.0. The second-order valence-electron chi connectivity index (χ2n) is 13.0. The van der Waals surface area contributed by atoms with Crippen molar-refractivity contribution in [1.29, 1.82) is 0 Å². The third-order valence-electron chi connectivity index (χ3n) is 10.3. The largest absolute Gasteiger partial charge is 0.392 e. The summed E-state index contributed by atoms with van der Waals surface area (Å²) in [6, 6.07) is 6.23. The van der Waals surface area contributed by atoms with E-state index in [0.717, 1.165) is 75.6 Å². The summed E-state index contributed by atoms with van der Waals surface area (Å²) in [6.45, 7) is 5.55. The highest BCUT2D eigenvalue weighted by Crippen LogP contribution is 2.43. The van der Waals surface area contributed by atoms with E-state index in [0.29, 0.717) is 53.0 Å². The Kier molecular flexibility index (Phi) is 7.78. The van der Waals surface area contributed by atoms with Crippen LogP contribution in [0, 0.1) is 0 Å². The number of hydrogen-bond acceptors (Lipinski definition) is 10. The van der Waals surface area contributed by atoms with Crippen LogP contribution in [0.25, 0.3) is 11.1 Å². The van der Waals surface area contributed by atoms with Crippen LogP contribution in [0.15, 0.2) is 70.2 Å². The summed E-state index contributed by atoms with van der Waals surface area (Å²) in [4.78, 5) is 42.7. The number of carbonyl (C=O) groups is 1. The van der Waals surface area contributed by atoms with Gasteiger partial charge in [-0.15, -0.1) is 0 Å². The van der Waals surface area contributed by atoms with E-state index in [1.807, 2.05) is 18.3 Å². The van der Waals surface area contributed by atoms with Crippen LogP contribution in [0.3, 0.4) is 0 Å². The van der Waals surface area contributed by atoms with Crippen LogP contribution < -0.4 is 26.0 Å². The van der Waals surface area contributed by atoms with Gasteiger partial charge in [-0.1, -0.05) is 5.57 Å². The molecule has 12 nitrogen and oxygen atoms in total. The molecule has 2 aliphatic carbocycles. The minimum atomic E-state index is -0.297. The van der Waals surface area contributed by atoms with Gasteiger partial charge in [0.05, 0.1) is 56.3 Å². The molecule has 8 rings (SSSR count). The number of ether oxygens (including phenoxy) is 1. The number of anilines is 4. The molecule has 0 unspecified atom stereocenters. The monoisotopic (exact) mass is 636 g/mol. The van der Waals surface area contributed by atoms with Crippen LogP contribution in [0.1, 0.15) is 37.7 Å². The van der Waals surface area contributed by atoms with Crippen LogP contribution in [-0.2, 0) is 23.2 Å². The number of carbonyl (C=O) groups excluding carboxylic acids is 1. The summed E-state index contributed by atoms with van der Waals surface area (Å²) in [5, 5.41) is 17.4. The molecule has 5 aliphatic rings. The van der Waals surface area contributed by atoms with E-state index in [2.05, 4.69) is 30.4 Å². The van der Waals surface area contributed by atoms with Gasteiger partial charge < -0.3 is 29.9 Å². The molecule has 0 saturated carbocycles. The number of aliphatic hydroxyl groups is 1. The molecule has 244 valence electrons. The van der Waals surface area contributed by atoms with Crippen LogP contribution in [0.2, 0.25) is 0 Å². The van der Waals surface area contributed by atoms with Gasteiger partial charge in [0.1, 0.15) is 11.5 Å². The number of hydrogen-bond donors (Lipinski definition) is 3. The topological polar surface area (TPSA) is 128 Å². The number of amides is 1. The molecular formula is C35H40N8O4. The summed E-state index contributed by atoms with van der Waals surface area (Å²) in [5.41, 5.74) is 8.17. The van der Waals surface area contributed by atoms with E-state index >= 15 is 0 Å². The van der Waals surface area contributed by atoms with Crippen molar-refractivity contribution >= 4 is 28.8 Å². The summed E-state index contributed by atoms with van der Waals surface area (Å²) in [5.74, 6) is 0.512. The first-order chi connectivity index (χ1) is 23.0. The van der Waals surface area contributed by atoms with Gasteiger partial charge in [0.2, 0.25) is 0 Å². The molecule has 2 saturated heterocycles. The predicted octanol–water partition coefficient (Wildman–Crippen LogP) is 3.02. The van der Waals surface area contributed by atoms with Gasteiger partial charge in [0.15, 0.2) is 0 Å². The van der Waals surface area contributed by atoms with Crippen LogP contribution in [0.4, 0.5) is 22.9 Å². The first-order valence-electron chi connectivity index (χ1n) is 16.6. The number of pyridine rings is 3. The van der Waals surface area contributed by atoms with Crippen molar-refractivity contribution in [2.75, 3.05) is 61.2 Å². The van der Waals surface area contributed by atoms with Gasteiger partial charge in [-0.05, 0) is 49.5 Å². The Morgan fingerprint density at radius 3 is 2.62 bits per heavy atom. The number of nitrogens with one attached hydrogen (secondary N) is 2. The molecule has 0 aromatic carbocycles. The zero-order chi connectivity index (χ0) is 32.1. The maximum absolute atomic E-state index is 13.8. The molecule has 12 heteroatoms. The van der Waals surface area contributed by atoms with Gasteiger partial charge in [0, 0.05) is 80.0 Å². The molecule has 0 bridgehead atoms. The summed E-state index contributed by atoms with van der Waals surface area (Å²) in [7, 11) is 1.69. The number of aromatic nitrogens is 3. The lowest BCUT2D eigenvalue weighted by Crippen LogP contribution is -2.56. The van der Waals surface area contributed by atoms with Gasteiger partial charge in [-0.25, -0.2) is 4.98 Å². The van der Waals surface area contributed by atoms with Crippen molar-refractivity contribution in [3.05, 3.63) is 81.3 Å². The Labute approximate surface area is 273 Å². The number of aryl methyl sites for hydroxylation is 1. The standard InChI is InChI=1S/C35H40N8O4/c1-40-17-23(13-30(35(40)46)39-32-7-6-24(14-37-32)41-8-10-42(11-9-41)25-19-47-20-25)28-15-36-16-31(29(28)18-44)43-21-38-33-26-5-3-2-4-22(26)12-27(33)34(43)45/h6-7,13-17,25,38,44H,2-5,8-12,18-21H2,1H3,(H,37,39). The third kappa shape index (κ3) is 5.39. The SMILES string of the molecule is Cn1cc(-c2cncc(N3CNC4=C(CC5=C4CCCC5)C3=O)c2CO)cc(Nc2ccc(N3CCN(C4COC4)CC3)cn2)c1=O. The number of fused-ring (bicyclic) bond motifs is 1. The number of allylic oxidation sites excluding steroid dienone is 2. The highest BCUT2D eigenvalue weighted by molar-refractivity contribution is 6.09. The molecular weight excluding hydrogens is 596 g/mol. The van der Waals surface area contributed by atoms with Gasteiger partial charge in [-0.2, -0.15) is 0 Å². The first-order valence-corrected chi connectivity index (χ1v) is 16.6. The molecule has 47 heavy (non-hydrogen) atoms. The molecule has 3 aromatic rings. The average Bonchev–Trinajstić information content (AvgIpc) is 3.46. The minimum absolute atomic E-state index is 0.0472. The second kappa shape index (κ2) is 12.3. The Bertz CT molecular complexity index is 1840. The van der Waals surface area contributed by atoms with Crippen molar-refractivity contribution in [3.63, 3.8) is 0 Å². The molecule has 6 heterocycles. The molecule has 0 spiro atoms. The lowest BCUT2D eigenvalue weighted by atomic mass is 9.93. The number of nitrogens with zero attached hydrogens (tertiary/aromatic N) is 6. The lowest BCUT2D eigenvalue weighted by molar-refractivity contribution is -0.115. The van der Waals surface area contributed by atoms with Crippen LogP contribution >= 0.6 is 0 Å². The third-order valence-corrected chi connectivity index (χ3v) is 10.3. The summed E-state index contributed by atoms with van der Waals surface area (Å²) < 4.78 is 6.86. The Morgan fingerprint density at radius 1 is 1.04 bits per heavy atom. The van der Waals surface area contributed by atoms with Crippen molar-refractivity contribution in [3.8, 4) is 11.1 Å². The Morgan fingerprint density at radius 2 is 1.87 bits per heavy atom. The fourth-order valence-electron chi connectivity index (χ4n) is 7.57. The van der Waals surface area contributed by atoms with Crippen LogP contribution in [-0.4, -0.2) is 82.6 Å². The van der Waals surface area contributed by atoms with Crippen molar-refractivity contribution < 1.29 is 14.6 Å². The van der Waals surface area contributed by atoms with E-state index in [9.17, 15) is 14.7 Å². The molecule has 3 aliphatic heterocycles. The highest BCUT2D eigenvalue weighted by Gasteiger charge is 2.37. The molecule has 3 aromatic heterocycles. The molecule has 2 fully saturated rings. The van der Waals surface area contributed by atoms with E-state index in [1.54, 1.807) is 36.6 Å². The normalized spacial score (nSPS) is 20.3. The maximum atomic E-state index is 13.8. The lowest BCUT2D eigenvalue weighted by Gasteiger charge is -2.43. The molecule has 0 radical (unpaired) electrons. The average molecular weight is 637 g/mol. The van der Waals surface area contributed by atoms with E-state index in [1.165, 1.54) is 22.1 Å². The zero-order valence-corrected chi connectivity index (χ0v) is 26.7. The molecule has 1 amide bonds. The van der Waals surface area contributed by atoms with Crippen molar-refractivity contribution in [1.82, 2.24) is 24.8 Å². The zero-order valence-electron chi connectivity index (χ0n) is 26.7. The fourth-order valence-corrected chi connectivity index (χ4v) is 7.57. The predicted molar refractivity (Wildman–Crippen MR) is 179 cm³/mol. The Hall–Kier alpha value is -4.52. The highest BCUT2D eigenvalue weighted by atomic mass is 16.5. The van der Waals surface area contributed by atoms with Gasteiger partial charge >= 0.3 is 0 Å². The summed E-state index contributed by atoms with van der Waals surface area (Å²) >= 11 is 0. The van der Waals surface area contributed by atoms with E-state index in [4.69, 9.17) is 4.74 Å². The summed E-state index contributed by atoms with van der Waals surface area (Å²) in [6.07, 6.45) is 12.0. The van der Waals surface area contributed by atoms with Crippen molar-refractivity contribution in [2.45, 2.75) is 44.8 Å².